The molecule has 2 aromatic carbocycles. The second-order valence-corrected chi connectivity index (χ2v) is 9.28. The van der Waals surface area contributed by atoms with E-state index < -0.39 is 9.84 Å². The molecule has 0 fully saturated rings. The van der Waals surface area contributed by atoms with Crippen LogP contribution in [0.2, 0.25) is 0 Å². The first-order valence-corrected chi connectivity index (χ1v) is 11.2. The van der Waals surface area contributed by atoms with Crippen molar-refractivity contribution >= 4 is 38.5 Å². The van der Waals surface area contributed by atoms with Crippen LogP contribution in [0.25, 0.3) is 16.9 Å². The molecule has 8 nitrogen and oxygen atoms in total. The van der Waals surface area contributed by atoms with Crippen LogP contribution in [-0.4, -0.2) is 40.0 Å². The number of anilines is 2. The van der Waals surface area contributed by atoms with Crippen molar-refractivity contribution in [3.05, 3.63) is 60.4 Å². The van der Waals surface area contributed by atoms with Gasteiger partial charge in [0.1, 0.15) is 5.69 Å². The van der Waals surface area contributed by atoms with E-state index in [4.69, 9.17) is 0 Å². The first kappa shape index (κ1) is 18.4. The molecule has 0 saturated heterocycles. The zero-order valence-corrected chi connectivity index (χ0v) is 17.2. The van der Waals surface area contributed by atoms with Crippen LogP contribution in [0.4, 0.5) is 17.3 Å². The van der Waals surface area contributed by atoms with Crippen molar-refractivity contribution in [2.45, 2.75) is 18.2 Å². The van der Waals surface area contributed by atoms with Crippen molar-refractivity contribution in [3.8, 4) is 11.3 Å². The molecule has 0 aliphatic carbocycles. The van der Waals surface area contributed by atoms with Crippen molar-refractivity contribution < 1.29 is 8.42 Å². The third-order valence-electron chi connectivity index (χ3n) is 4.91. The minimum Gasteiger partial charge on any atom is -0.323 e. The van der Waals surface area contributed by atoms with Gasteiger partial charge < -0.3 is 5.32 Å². The largest absolute Gasteiger partial charge is 0.323 e. The number of hydrogen-bond donors (Lipinski definition) is 1. The fraction of sp³-hybridized carbons (Fsp3) is 0.143. The molecule has 0 atom stereocenters. The number of hydrogen-bond acceptors (Lipinski definition) is 7. The molecule has 0 unspecified atom stereocenters. The Morgan fingerprint density at radius 3 is 2.67 bits per heavy atom. The molecule has 0 bridgehead atoms. The van der Waals surface area contributed by atoms with E-state index in [9.17, 15) is 8.42 Å². The second-order valence-electron chi connectivity index (χ2n) is 7.27. The lowest BCUT2D eigenvalue weighted by molar-refractivity contribution is 0.602. The van der Waals surface area contributed by atoms with E-state index in [1.165, 1.54) is 11.8 Å². The lowest BCUT2D eigenvalue weighted by atomic mass is 10.1. The van der Waals surface area contributed by atoms with Gasteiger partial charge in [-0.3, -0.25) is 9.98 Å². The molecular formula is C21H18N6O2S. The summed E-state index contributed by atoms with van der Waals surface area (Å²) in [6, 6.07) is 12.6. The molecule has 0 spiro atoms. The third-order valence-corrected chi connectivity index (χ3v) is 6.04. The molecule has 3 heterocycles. The molecule has 150 valence electrons. The molecule has 0 saturated carbocycles. The highest BCUT2D eigenvalue weighted by Gasteiger charge is 2.15. The average molecular weight is 418 g/mol. The Hall–Kier alpha value is -3.59. The minimum absolute atomic E-state index is 0.261. The lowest BCUT2D eigenvalue weighted by Crippen LogP contribution is -1.97. The molecule has 0 radical (unpaired) electrons. The summed E-state index contributed by atoms with van der Waals surface area (Å²) in [5, 5.41) is 7.71. The first-order valence-electron chi connectivity index (χ1n) is 9.33. The highest BCUT2D eigenvalue weighted by atomic mass is 32.2. The van der Waals surface area contributed by atoms with Crippen LogP contribution in [0, 0.1) is 0 Å². The van der Waals surface area contributed by atoms with Crippen molar-refractivity contribution in [2.24, 2.45) is 4.99 Å². The number of rotatable bonds is 4. The van der Waals surface area contributed by atoms with Gasteiger partial charge in [0.05, 0.1) is 10.6 Å². The molecular weight excluding hydrogens is 400 g/mol. The number of nitrogens with one attached hydrogen (secondary N) is 1. The van der Waals surface area contributed by atoms with Crippen molar-refractivity contribution in [3.63, 3.8) is 0 Å². The van der Waals surface area contributed by atoms with E-state index in [2.05, 4.69) is 31.4 Å². The monoisotopic (exact) mass is 418 g/mol. The maximum atomic E-state index is 11.7. The SMILES string of the molecule is CC1=Nc2cc(Nc3nc4c(-c5ccc(S(C)(=O)=O)cc5)nccn4n3)ccc2C1. The van der Waals surface area contributed by atoms with Crippen molar-refractivity contribution in [1.29, 1.82) is 0 Å². The quantitative estimate of drug-likeness (QED) is 0.543. The highest BCUT2D eigenvalue weighted by molar-refractivity contribution is 7.90. The Bertz CT molecular complexity index is 1420. The van der Waals surface area contributed by atoms with Crippen LogP contribution in [0.5, 0.6) is 0 Å². The average Bonchev–Trinajstić information content (AvgIpc) is 3.28. The summed E-state index contributed by atoms with van der Waals surface area (Å²) in [7, 11) is -3.26. The molecule has 1 aliphatic rings. The van der Waals surface area contributed by atoms with Gasteiger partial charge in [-0.05, 0) is 36.8 Å². The number of aromatic nitrogens is 4. The first-order chi connectivity index (χ1) is 14.4. The second kappa shape index (κ2) is 6.74. The fourth-order valence-electron chi connectivity index (χ4n) is 3.48. The van der Waals surface area contributed by atoms with E-state index in [1.807, 2.05) is 19.1 Å². The molecule has 5 rings (SSSR count). The summed E-state index contributed by atoms with van der Waals surface area (Å²) in [5.74, 6) is 0.440. The van der Waals surface area contributed by atoms with Crippen LogP contribution < -0.4 is 5.32 Å². The normalized spacial score (nSPS) is 13.3. The van der Waals surface area contributed by atoms with Gasteiger partial charge in [-0.15, -0.1) is 5.10 Å². The summed E-state index contributed by atoms with van der Waals surface area (Å²) >= 11 is 0. The summed E-state index contributed by atoms with van der Waals surface area (Å²) in [5.41, 5.74) is 6.09. The number of sulfone groups is 1. The van der Waals surface area contributed by atoms with Crippen molar-refractivity contribution in [1.82, 2.24) is 19.6 Å². The Balaban J connectivity index is 1.49. The van der Waals surface area contributed by atoms with Crippen molar-refractivity contribution in [2.75, 3.05) is 11.6 Å². The van der Waals surface area contributed by atoms with Gasteiger partial charge in [0.15, 0.2) is 15.5 Å². The standard InChI is InChI=1S/C21H18N6O2S/c1-13-11-15-3-6-16(12-18(15)23-13)24-21-25-20-19(22-9-10-27(20)26-21)14-4-7-17(8-5-14)30(2,28)29/h3-10,12H,11H2,1-2H3,(H,24,26). The molecule has 1 aliphatic heterocycles. The molecule has 30 heavy (non-hydrogen) atoms. The van der Waals surface area contributed by atoms with Gasteiger partial charge in [0.2, 0.25) is 5.95 Å². The zero-order chi connectivity index (χ0) is 20.9. The highest BCUT2D eigenvalue weighted by Crippen LogP contribution is 2.31. The maximum Gasteiger partial charge on any atom is 0.247 e. The van der Waals surface area contributed by atoms with Crippen LogP contribution in [0.3, 0.4) is 0 Å². The summed E-state index contributed by atoms with van der Waals surface area (Å²) in [6.07, 6.45) is 5.43. The fourth-order valence-corrected chi connectivity index (χ4v) is 4.11. The van der Waals surface area contributed by atoms with Gasteiger partial charge in [-0.2, -0.15) is 4.98 Å². The number of aliphatic imine (C=N–C) groups is 1. The minimum atomic E-state index is -3.26. The van der Waals surface area contributed by atoms with Crippen LogP contribution in [0.15, 0.2) is 64.7 Å². The molecule has 1 N–H and O–H groups in total. The van der Waals surface area contributed by atoms with E-state index >= 15 is 0 Å². The Kier molecular flexibility index (Phi) is 4.14. The molecule has 9 heteroatoms. The van der Waals surface area contributed by atoms with Crippen LogP contribution in [-0.2, 0) is 16.3 Å². The molecule has 0 amide bonds. The summed E-state index contributed by atoms with van der Waals surface area (Å²) < 4.78 is 25.0. The van der Waals surface area contributed by atoms with E-state index in [-0.39, 0.29) is 4.90 Å². The predicted octanol–water partition coefficient (Wildman–Crippen LogP) is 3.59. The van der Waals surface area contributed by atoms with Gasteiger partial charge in [-0.25, -0.2) is 12.9 Å². The van der Waals surface area contributed by atoms with E-state index in [0.717, 1.165) is 29.1 Å². The van der Waals surface area contributed by atoms with E-state index in [1.54, 1.807) is 41.2 Å². The van der Waals surface area contributed by atoms with E-state index in [0.29, 0.717) is 17.3 Å². The summed E-state index contributed by atoms with van der Waals surface area (Å²) in [6.45, 7) is 2.02. The number of benzene rings is 2. The van der Waals surface area contributed by atoms with Gasteiger partial charge >= 0.3 is 0 Å². The van der Waals surface area contributed by atoms with Gasteiger partial charge in [0.25, 0.3) is 0 Å². The topological polar surface area (TPSA) is 102 Å². The zero-order valence-electron chi connectivity index (χ0n) is 16.4. The number of nitrogens with zero attached hydrogens (tertiary/aromatic N) is 5. The van der Waals surface area contributed by atoms with Gasteiger partial charge in [0, 0.05) is 42.0 Å². The van der Waals surface area contributed by atoms with Crippen LogP contribution in [0.1, 0.15) is 12.5 Å². The summed E-state index contributed by atoms with van der Waals surface area (Å²) in [4.78, 5) is 13.8. The molecule has 4 aromatic rings. The Morgan fingerprint density at radius 2 is 1.90 bits per heavy atom. The predicted molar refractivity (Wildman–Crippen MR) is 116 cm³/mol. The van der Waals surface area contributed by atoms with Crippen LogP contribution >= 0.6 is 0 Å². The number of fused-ring (bicyclic) bond motifs is 2. The third kappa shape index (κ3) is 3.33. The Labute approximate surface area is 173 Å². The smallest absolute Gasteiger partial charge is 0.247 e. The molecule has 2 aromatic heterocycles. The lowest BCUT2D eigenvalue weighted by Gasteiger charge is -2.04. The Morgan fingerprint density at radius 1 is 1.10 bits per heavy atom. The maximum absolute atomic E-state index is 11.7. The van der Waals surface area contributed by atoms with Gasteiger partial charge in [-0.1, -0.05) is 18.2 Å².